The number of hydrogen-bond donors (Lipinski definition) is 3. The molecule has 5 nitrogen and oxygen atoms in total. The van der Waals surface area contributed by atoms with Crippen LogP contribution >= 0.6 is 23.4 Å². The molecule has 1 aromatic carbocycles. The first-order valence-electron chi connectivity index (χ1n) is 5.81. The first-order chi connectivity index (χ1) is 9.31. The van der Waals surface area contributed by atoms with Crippen LogP contribution in [0.1, 0.15) is 24.2 Å². The van der Waals surface area contributed by atoms with E-state index in [1.165, 1.54) is 25.1 Å². The number of carboxylic acids is 1. The number of aliphatic hydroxyl groups excluding tert-OH is 2. The van der Waals surface area contributed by atoms with Gasteiger partial charge in [-0.1, -0.05) is 29.4 Å². The molecule has 0 radical (unpaired) electrons. The van der Waals surface area contributed by atoms with Gasteiger partial charge < -0.3 is 15.3 Å². The van der Waals surface area contributed by atoms with Crippen LogP contribution in [0.5, 0.6) is 0 Å². The summed E-state index contributed by atoms with van der Waals surface area (Å²) in [6.45, 7) is 1.36. The van der Waals surface area contributed by atoms with Gasteiger partial charge in [0.2, 0.25) is 0 Å². The lowest BCUT2D eigenvalue weighted by Gasteiger charge is -2.20. The molecule has 0 aliphatic heterocycles. The van der Waals surface area contributed by atoms with Gasteiger partial charge in [-0.3, -0.25) is 9.59 Å². The maximum absolute atomic E-state index is 10.8. The molecular weight excluding hydrogens is 304 g/mol. The second-order valence-electron chi connectivity index (χ2n) is 4.23. The summed E-state index contributed by atoms with van der Waals surface area (Å²) < 4.78 is 0. The Morgan fingerprint density at radius 2 is 2.00 bits per heavy atom. The van der Waals surface area contributed by atoms with E-state index in [-0.39, 0.29) is 22.9 Å². The molecule has 0 heterocycles. The summed E-state index contributed by atoms with van der Waals surface area (Å²) in [5.74, 6) is -1.02. The van der Waals surface area contributed by atoms with Crippen LogP contribution < -0.4 is 0 Å². The third kappa shape index (κ3) is 5.13. The number of carboxylic acid groups (broad SMARTS) is 1. The summed E-state index contributed by atoms with van der Waals surface area (Å²) in [6, 6.07) is 4.44. The van der Waals surface area contributed by atoms with Crippen molar-refractivity contribution in [2.24, 2.45) is 0 Å². The Labute approximate surface area is 125 Å². The molecule has 0 amide bonds. The summed E-state index contributed by atoms with van der Waals surface area (Å²) in [6.07, 6.45) is -2.76. The monoisotopic (exact) mass is 318 g/mol. The zero-order valence-corrected chi connectivity index (χ0v) is 12.3. The number of carbonyl (C=O) groups is 2. The molecule has 20 heavy (non-hydrogen) atoms. The molecule has 1 aromatic rings. The Bertz CT molecular complexity index is 506. The van der Waals surface area contributed by atoms with Crippen LogP contribution in [0.4, 0.5) is 0 Å². The van der Waals surface area contributed by atoms with E-state index in [0.717, 1.165) is 11.8 Å². The predicted molar refractivity (Wildman–Crippen MR) is 76.9 cm³/mol. The van der Waals surface area contributed by atoms with E-state index >= 15 is 0 Å². The summed E-state index contributed by atoms with van der Waals surface area (Å²) >= 11 is 6.72. The molecular formula is C13H15ClO5S. The van der Waals surface area contributed by atoms with Gasteiger partial charge in [0.1, 0.15) is 6.10 Å². The van der Waals surface area contributed by atoms with Crippen molar-refractivity contribution in [2.75, 3.05) is 5.75 Å². The molecule has 0 fully saturated rings. The van der Waals surface area contributed by atoms with E-state index in [0.29, 0.717) is 10.6 Å². The van der Waals surface area contributed by atoms with E-state index in [1.54, 1.807) is 0 Å². The summed E-state index contributed by atoms with van der Waals surface area (Å²) in [5.41, 5.74) is 0.637. The van der Waals surface area contributed by atoms with Gasteiger partial charge in [-0.2, -0.15) is 0 Å². The number of aliphatic hydroxyl groups is 2. The Morgan fingerprint density at radius 1 is 1.35 bits per heavy atom. The average Bonchev–Trinajstić information content (AvgIpc) is 2.36. The zero-order chi connectivity index (χ0) is 15.3. The standard InChI is InChI=1S/C13H15ClO5S/c1-7(15)20-6-11(16)13(19)10-5-9(14)3-2-8(10)4-12(17)18/h2-3,5,11,13,16,19H,4,6H2,1H3,(H,17,18). The van der Waals surface area contributed by atoms with Crippen molar-refractivity contribution in [1.29, 1.82) is 0 Å². The van der Waals surface area contributed by atoms with Gasteiger partial charge in [0.25, 0.3) is 0 Å². The molecule has 0 saturated carbocycles. The minimum Gasteiger partial charge on any atom is -0.481 e. The molecule has 2 unspecified atom stereocenters. The smallest absolute Gasteiger partial charge is 0.307 e. The highest BCUT2D eigenvalue weighted by Crippen LogP contribution is 2.27. The van der Waals surface area contributed by atoms with Crippen LogP contribution in [0, 0.1) is 0 Å². The molecule has 0 aliphatic rings. The van der Waals surface area contributed by atoms with Crippen molar-refractivity contribution < 1.29 is 24.9 Å². The van der Waals surface area contributed by atoms with E-state index in [4.69, 9.17) is 16.7 Å². The minimum absolute atomic E-state index is 0.0233. The lowest BCUT2D eigenvalue weighted by molar-refractivity contribution is -0.136. The second-order valence-corrected chi connectivity index (χ2v) is 5.86. The number of halogens is 1. The van der Waals surface area contributed by atoms with Crippen LogP contribution in [-0.4, -0.2) is 38.3 Å². The van der Waals surface area contributed by atoms with Gasteiger partial charge in [0, 0.05) is 17.7 Å². The van der Waals surface area contributed by atoms with Crippen molar-refractivity contribution in [3.63, 3.8) is 0 Å². The summed E-state index contributed by atoms with van der Waals surface area (Å²) in [5, 5.41) is 28.9. The number of rotatable bonds is 6. The Balaban J connectivity index is 2.94. The normalized spacial score (nSPS) is 13.8. The van der Waals surface area contributed by atoms with Crippen molar-refractivity contribution >= 4 is 34.4 Å². The Morgan fingerprint density at radius 3 is 2.55 bits per heavy atom. The third-order valence-corrected chi connectivity index (χ3v) is 3.74. The van der Waals surface area contributed by atoms with Crippen molar-refractivity contribution in [1.82, 2.24) is 0 Å². The predicted octanol–water partition coefficient (Wildman–Crippen LogP) is 1.64. The number of hydrogen-bond acceptors (Lipinski definition) is 5. The van der Waals surface area contributed by atoms with Gasteiger partial charge in [-0.05, 0) is 23.3 Å². The number of benzene rings is 1. The van der Waals surface area contributed by atoms with Crippen LogP contribution in [0.3, 0.4) is 0 Å². The Hall–Kier alpha value is -1.08. The average molecular weight is 319 g/mol. The molecule has 0 spiro atoms. The third-order valence-electron chi connectivity index (χ3n) is 2.59. The zero-order valence-electron chi connectivity index (χ0n) is 10.7. The lowest BCUT2D eigenvalue weighted by atomic mass is 9.97. The fraction of sp³-hybridized carbons (Fsp3) is 0.385. The fourth-order valence-electron chi connectivity index (χ4n) is 1.67. The Kier molecular flexibility index (Phi) is 6.48. The summed E-state index contributed by atoms with van der Waals surface area (Å²) in [4.78, 5) is 21.6. The minimum atomic E-state index is -1.30. The van der Waals surface area contributed by atoms with Crippen molar-refractivity contribution in [2.45, 2.75) is 25.6 Å². The first-order valence-corrected chi connectivity index (χ1v) is 7.17. The number of thioether (sulfide) groups is 1. The molecule has 3 N–H and O–H groups in total. The van der Waals surface area contributed by atoms with Crippen LogP contribution in [-0.2, 0) is 16.0 Å². The topological polar surface area (TPSA) is 94.8 Å². The molecule has 0 saturated heterocycles. The highest BCUT2D eigenvalue weighted by Gasteiger charge is 2.22. The van der Waals surface area contributed by atoms with E-state index < -0.39 is 18.2 Å². The summed E-state index contributed by atoms with van der Waals surface area (Å²) in [7, 11) is 0. The van der Waals surface area contributed by atoms with Gasteiger partial charge in [-0.25, -0.2) is 0 Å². The van der Waals surface area contributed by atoms with E-state index in [9.17, 15) is 19.8 Å². The highest BCUT2D eigenvalue weighted by molar-refractivity contribution is 8.13. The molecule has 0 bridgehead atoms. The molecule has 0 aromatic heterocycles. The van der Waals surface area contributed by atoms with Gasteiger partial charge in [-0.15, -0.1) is 0 Å². The highest BCUT2D eigenvalue weighted by atomic mass is 35.5. The molecule has 0 aliphatic carbocycles. The first kappa shape index (κ1) is 17.0. The van der Waals surface area contributed by atoms with Gasteiger partial charge in [0.05, 0.1) is 12.5 Å². The second kappa shape index (κ2) is 7.64. The fourth-order valence-corrected chi connectivity index (χ4v) is 2.43. The van der Waals surface area contributed by atoms with Gasteiger partial charge in [0.15, 0.2) is 5.12 Å². The van der Waals surface area contributed by atoms with Crippen molar-refractivity contribution in [3.8, 4) is 0 Å². The maximum atomic E-state index is 10.8. The molecule has 7 heteroatoms. The quantitative estimate of drug-likeness (QED) is 0.738. The lowest BCUT2D eigenvalue weighted by Crippen LogP contribution is -2.23. The van der Waals surface area contributed by atoms with Gasteiger partial charge >= 0.3 is 5.97 Å². The SMILES string of the molecule is CC(=O)SCC(O)C(O)c1cc(Cl)ccc1CC(=O)O. The van der Waals surface area contributed by atoms with Crippen molar-refractivity contribution in [3.05, 3.63) is 34.3 Å². The molecule has 1 rings (SSSR count). The van der Waals surface area contributed by atoms with Crippen LogP contribution in [0.25, 0.3) is 0 Å². The number of aliphatic carboxylic acids is 1. The number of carbonyl (C=O) groups excluding carboxylic acids is 1. The van der Waals surface area contributed by atoms with E-state index in [1.807, 2.05) is 0 Å². The molecule has 2 atom stereocenters. The van der Waals surface area contributed by atoms with Crippen LogP contribution in [0.2, 0.25) is 5.02 Å². The molecule has 110 valence electrons. The van der Waals surface area contributed by atoms with Crippen LogP contribution in [0.15, 0.2) is 18.2 Å². The largest absolute Gasteiger partial charge is 0.481 e. The maximum Gasteiger partial charge on any atom is 0.307 e. The van der Waals surface area contributed by atoms with E-state index in [2.05, 4.69) is 0 Å².